The Kier molecular flexibility index (Phi) is 28.6. The average molecular weight is 745 g/mol. The monoisotopic (exact) mass is 745 g/mol. The summed E-state index contributed by atoms with van der Waals surface area (Å²) in [6, 6.07) is 0. The van der Waals surface area contributed by atoms with Crippen LogP contribution in [0.1, 0.15) is 19.8 Å². The zero-order chi connectivity index (χ0) is 30.1. The summed E-state index contributed by atoms with van der Waals surface area (Å²) in [6.45, 7) is 1.73. The molecular formula is C16H25F14INaO3S2+. The van der Waals surface area contributed by atoms with E-state index in [1.54, 1.807) is 6.92 Å². The van der Waals surface area contributed by atoms with Crippen LogP contribution in [-0.4, -0.2) is 92.9 Å². The van der Waals surface area contributed by atoms with Gasteiger partial charge < -0.3 is 15.3 Å². The van der Waals surface area contributed by atoms with Gasteiger partial charge in [0.2, 0.25) is 0 Å². The second-order valence-electron chi connectivity index (χ2n) is 5.88. The van der Waals surface area contributed by atoms with E-state index in [0.29, 0.717) is 17.5 Å². The SMILES string of the molecule is CCO.FC(F)(F)C(F)(CCI)C(F)(F)F.OCCS.OCCSCCC(F)(C(F)(F)F)C(F)(F)F.[Na+]. The van der Waals surface area contributed by atoms with E-state index in [9.17, 15) is 61.5 Å². The molecule has 0 aliphatic carbocycles. The van der Waals surface area contributed by atoms with Gasteiger partial charge in [0.05, 0.1) is 13.2 Å². The number of rotatable bonds is 8. The first-order valence-electron chi connectivity index (χ1n) is 9.17. The van der Waals surface area contributed by atoms with Crippen molar-refractivity contribution in [2.75, 3.05) is 41.5 Å². The van der Waals surface area contributed by atoms with E-state index in [4.69, 9.17) is 15.3 Å². The van der Waals surface area contributed by atoms with E-state index in [1.165, 1.54) is 22.6 Å². The third-order valence-electron chi connectivity index (χ3n) is 3.16. The summed E-state index contributed by atoms with van der Waals surface area (Å²) in [6.07, 6.45) is -27.1. The molecule has 0 saturated heterocycles. The van der Waals surface area contributed by atoms with Gasteiger partial charge in [0.25, 0.3) is 11.3 Å². The molecule has 0 fully saturated rings. The first-order valence-corrected chi connectivity index (χ1v) is 12.5. The summed E-state index contributed by atoms with van der Waals surface area (Å²) in [5, 5.41) is 23.6. The molecule has 21 heteroatoms. The molecule has 0 bridgehead atoms. The summed E-state index contributed by atoms with van der Waals surface area (Å²) in [4.78, 5) is 0. The first-order chi connectivity index (χ1) is 15.9. The van der Waals surface area contributed by atoms with Crippen molar-refractivity contribution >= 4 is 47.0 Å². The molecule has 3 nitrogen and oxygen atoms in total. The fourth-order valence-electron chi connectivity index (χ4n) is 1.40. The van der Waals surface area contributed by atoms with E-state index < -0.39 is 59.1 Å². The van der Waals surface area contributed by atoms with Crippen LogP contribution >= 0.6 is 47.0 Å². The predicted octanol–water partition coefficient (Wildman–Crippen LogP) is 3.49. The molecule has 3 N–H and O–H groups in total. The van der Waals surface area contributed by atoms with Crippen LogP contribution in [0.5, 0.6) is 0 Å². The van der Waals surface area contributed by atoms with Crippen LogP contribution < -0.4 is 29.6 Å². The third-order valence-corrected chi connectivity index (χ3v) is 4.87. The quantitative estimate of drug-likeness (QED) is 0.0769. The van der Waals surface area contributed by atoms with Gasteiger partial charge in [0.1, 0.15) is 0 Å². The maximum atomic E-state index is 12.9. The average Bonchev–Trinajstić information content (AvgIpc) is 2.69. The Hall–Kier alpha value is 1.33. The molecule has 0 unspecified atom stereocenters. The topological polar surface area (TPSA) is 60.7 Å². The van der Waals surface area contributed by atoms with Gasteiger partial charge in [0.15, 0.2) is 0 Å². The molecule has 224 valence electrons. The molecule has 0 aromatic heterocycles. The number of aliphatic hydroxyl groups excluding tert-OH is 3. The van der Waals surface area contributed by atoms with Crippen molar-refractivity contribution in [3.05, 3.63) is 0 Å². The van der Waals surface area contributed by atoms with Crippen LogP contribution in [0.2, 0.25) is 0 Å². The Labute approximate surface area is 249 Å². The van der Waals surface area contributed by atoms with Crippen molar-refractivity contribution in [2.45, 2.75) is 55.8 Å². The van der Waals surface area contributed by atoms with E-state index in [1.807, 2.05) is 0 Å². The Morgan fingerprint density at radius 3 is 1.05 bits per heavy atom. The summed E-state index contributed by atoms with van der Waals surface area (Å²) in [5.41, 5.74) is -10.3. The summed E-state index contributed by atoms with van der Waals surface area (Å²) in [5.74, 6) is -0.137. The second-order valence-corrected chi connectivity index (χ2v) is 8.63. The molecule has 0 rings (SSSR count). The number of halogens is 15. The largest absolute Gasteiger partial charge is 1.00 e. The number of hydrogen-bond acceptors (Lipinski definition) is 5. The van der Waals surface area contributed by atoms with Crippen LogP contribution in [0.3, 0.4) is 0 Å². The normalized spacial score (nSPS) is 12.6. The van der Waals surface area contributed by atoms with Crippen molar-refractivity contribution < 1.29 is 106 Å². The van der Waals surface area contributed by atoms with Crippen molar-refractivity contribution in [2.24, 2.45) is 0 Å². The maximum Gasteiger partial charge on any atom is 1.00 e. The molecule has 0 aliphatic rings. The van der Waals surface area contributed by atoms with Gasteiger partial charge in [-0.05, 0) is 12.7 Å². The summed E-state index contributed by atoms with van der Waals surface area (Å²) < 4.78 is 167. The smallest absolute Gasteiger partial charge is 0.397 e. The van der Waals surface area contributed by atoms with Gasteiger partial charge in [-0.25, -0.2) is 8.78 Å². The van der Waals surface area contributed by atoms with E-state index >= 15 is 0 Å². The van der Waals surface area contributed by atoms with Crippen LogP contribution in [-0.2, 0) is 0 Å². The first kappa shape index (κ1) is 48.1. The molecule has 0 saturated carbocycles. The van der Waals surface area contributed by atoms with E-state index in [-0.39, 0.29) is 55.1 Å². The third kappa shape index (κ3) is 19.1. The number of thioether (sulfide) groups is 1. The minimum Gasteiger partial charge on any atom is -0.397 e. The Morgan fingerprint density at radius 2 is 0.892 bits per heavy atom. The van der Waals surface area contributed by atoms with Gasteiger partial charge in [0, 0.05) is 35.4 Å². The Bertz CT molecular complexity index is 505. The van der Waals surface area contributed by atoms with Crippen molar-refractivity contribution in [1.29, 1.82) is 0 Å². The summed E-state index contributed by atoms with van der Waals surface area (Å²) >= 11 is 5.55. The van der Waals surface area contributed by atoms with Crippen molar-refractivity contribution in [3.63, 3.8) is 0 Å². The van der Waals surface area contributed by atoms with Crippen molar-refractivity contribution in [1.82, 2.24) is 0 Å². The zero-order valence-corrected chi connectivity index (χ0v) is 25.1. The predicted molar refractivity (Wildman–Crippen MR) is 118 cm³/mol. The molecule has 0 aromatic rings. The Morgan fingerprint density at radius 1 is 0.622 bits per heavy atom. The summed E-state index contributed by atoms with van der Waals surface area (Å²) in [7, 11) is 0. The van der Waals surface area contributed by atoms with Crippen molar-refractivity contribution in [3.8, 4) is 0 Å². The fourth-order valence-corrected chi connectivity index (χ4v) is 2.90. The van der Waals surface area contributed by atoms with Gasteiger partial charge in [-0.1, -0.05) is 22.6 Å². The molecule has 37 heavy (non-hydrogen) atoms. The number of aliphatic hydroxyl groups is 3. The van der Waals surface area contributed by atoms with Crippen LogP contribution in [0.4, 0.5) is 61.5 Å². The minimum absolute atomic E-state index is 0. The maximum absolute atomic E-state index is 12.9. The van der Waals surface area contributed by atoms with Crippen LogP contribution in [0.25, 0.3) is 0 Å². The Balaban J connectivity index is -0.000000145. The molecular weight excluding hydrogens is 720 g/mol. The standard InChI is InChI=1S/C7H9F7OS.C5H4F7I.C2H6OS.C2H6O.Na/c8-5(6(9,10)11,7(12,13)14)1-3-16-4-2-15;6-3(1-2-13,4(7,8)9)5(10,11)12;3-1-2-4;1-2-3;/h15H,1-4H2;1-2H2;3-4H,1-2H2;3H,2H2,1H3;/q;;;;+1. The molecule has 0 aromatic carbocycles. The minimum atomic E-state index is -5.98. The van der Waals surface area contributed by atoms with Crippen LogP contribution in [0, 0.1) is 0 Å². The van der Waals surface area contributed by atoms with Gasteiger partial charge in [-0.3, -0.25) is 0 Å². The number of thiol groups is 1. The number of alkyl halides is 15. The van der Waals surface area contributed by atoms with Gasteiger partial charge >= 0.3 is 54.3 Å². The second kappa shape index (κ2) is 22.0. The van der Waals surface area contributed by atoms with E-state index in [2.05, 4.69) is 12.6 Å². The van der Waals surface area contributed by atoms with Gasteiger partial charge in [-0.2, -0.15) is 77.1 Å². The zero-order valence-electron chi connectivity index (χ0n) is 19.2. The molecule has 0 amide bonds. The fraction of sp³-hybridized carbons (Fsp3) is 1.00. The molecule has 0 atom stereocenters. The number of hydrogen-bond donors (Lipinski definition) is 4. The molecule has 0 radical (unpaired) electrons. The molecule has 0 heterocycles. The molecule has 0 spiro atoms. The van der Waals surface area contributed by atoms with Crippen LogP contribution in [0.15, 0.2) is 0 Å². The van der Waals surface area contributed by atoms with Gasteiger partial charge in [-0.15, -0.1) is 0 Å². The molecule has 0 aliphatic heterocycles. The van der Waals surface area contributed by atoms with E-state index in [0.717, 1.165) is 0 Å².